The number of hydrogen-bond acceptors (Lipinski definition) is 4. The van der Waals surface area contributed by atoms with Crippen LogP contribution in [0.15, 0.2) is 41.1 Å². The summed E-state index contributed by atoms with van der Waals surface area (Å²) in [6, 6.07) is 9.93. The molecule has 1 atom stereocenters. The first-order chi connectivity index (χ1) is 10.6. The molecule has 1 unspecified atom stereocenters. The number of rotatable bonds is 7. The number of nitrogens with one attached hydrogen (secondary N) is 1. The van der Waals surface area contributed by atoms with Crippen LogP contribution in [-0.4, -0.2) is 38.1 Å². The van der Waals surface area contributed by atoms with Crippen molar-refractivity contribution in [3.05, 3.63) is 52.2 Å². The normalized spacial score (nSPS) is 12.2. The summed E-state index contributed by atoms with van der Waals surface area (Å²) in [4.78, 5) is 14.0. The van der Waals surface area contributed by atoms with Gasteiger partial charge in [0.1, 0.15) is 5.75 Å². The van der Waals surface area contributed by atoms with Crippen LogP contribution in [0.4, 0.5) is 0 Å². The van der Waals surface area contributed by atoms with E-state index in [0.717, 1.165) is 0 Å². The average Bonchev–Trinajstić information content (AvgIpc) is 3.00. The lowest BCUT2D eigenvalue weighted by Gasteiger charge is -2.24. The van der Waals surface area contributed by atoms with Crippen LogP contribution >= 0.6 is 11.3 Å². The molecule has 0 radical (unpaired) electrons. The summed E-state index contributed by atoms with van der Waals surface area (Å²) in [5.74, 6) is 0.602. The minimum atomic E-state index is -0.109. The summed E-state index contributed by atoms with van der Waals surface area (Å²) in [6.45, 7) is 2.62. The molecule has 0 fully saturated rings. The maximum Gasteiger partial charge on any atom is 0.258 e. The molecule has 0 aliphatic heterocycles. The summed E-state index contributed by atoms with van der Waals surface area (Å²) in [6.07, 6.45) is 0. The number of ether oxygens (including phenoxy) is 1. The zero-order valence-corrected chi connectivity index (χ0v) is 14.0. The highest BCUT2D eigenvalue weighted by Crippen LogP contribution is 2.19. The Kier molecular flexibility index (Phi) is 5.98. The van der Waals surface area contributed by atoms with Gasteiger partial charge in [-0.05, 0) is 55.5 Å². The predicted octanol–water partition coefficient (Wildman–Crippen LogP) is 2.85. The fraction of sp³-hybridized carbons (Fsp3) is 0.353. The topological polar surface area (TPSA) is 41.6 Å². The molecule has 118 valence electrons. The molecule has 1 aromatic carbocycles. The second kappa shape index (κ2) is 7.96. The van der Waals surface area contributed by atoms with Crippen LogP contribution in [0.5, 0.6) is 5.75 Å². The molecule has 1 amide bonds. The van der Waals surface area contributed by atoms with Crippen LogP contribution in [0.3, 0.4) is 0 Å². The van der Waals surface area contributed by atoms with Crippen molar-refractivity contribution >= 4 is 17.2 Å². The van der Waals surface area contributed by atoms with E-state index in [2.05, 4.69) is 21.7 Å². The predicted molar refractivity (Wildman–Crippen MR) is 90.4 cm³/mol. The molecule has 4 nitrogen and oxygen atoms in total. The van der Waals surface area contributed by atoms with Gasteiger partial charge in [0.25, 0.3) is 5.91 Å². The molecule has 5 heteroatoms. The fourth-order valence-corrected chi connectivity index (χ4v) is 2.82. The Balaban J connectivity index is 1.80. The number of likely N-dealkylation sites (N-methyl/N-ethyl adjacent to an activating group) is 1. The van der Waals surface area contributed by atoms with Gasteiger partial charge < -0.3 is 15.0 Å². The first-order valence-electron chi connectivity index (χ1n) is 7.21. The van der Waals surface area contributed by atoms with Crippen molar-refractivity contribution in [1.29, 1.82) is 0 Å². The highest BCUT2D eigenvalue weighted by Gasteiger charge is 2.15. The number of hydrogen-bond donors (Lipinski definition) is 1. The molecule has 22 heavy (non-hydrogen) atoms. The summed E-state index contributed by atoms with van der Waals surface area (Å²) in [5, 5.41) is 7.09. The molecular weight excluding hydrogens is 296 g/mol. The van der Waals surface area contributed by atoms with E-state index in [-0.39, 0.29) is 18.6 Å². The Hall–Kier alpha value is -1.85. The third kappa shape index (κ3) is 4.86. The van der Waals surface area contributed by atoms with Crippen molar-refractivity contribution in [3.63, 3.8) is 0 Å². The van der Waals surface area contributed by atoms with Gasteiger partial charge in [-0.3, -0.25) is 4.79 Å². The van der Waals surface area contributed by atoms with Gasteiger partial charge in [-0.25, -0.2) is 0 Å². The van der Waals surface area contributed by atoms with E-state index < -0.39 is 0 Å². The van der Waals surface area contributed by atoms with Crippen LogP contribution in [0, 0.1) is 6.92 Å². The number of aryl methyl sites for hydroxylation is 1. The van der Waals surface area contributed by atoms with Crippen molar-refractivity contribution in [1.82, 2.24) is 10.2 Å². The van der Waals surface area contributed by atoms with Crippen molar-refractivity contribution in [2.75, 3.05) is 27.2 Å². The molecule has 0 bridgehead atoms. The molecule has 2 aromatic rings. The van der Waals surface area contributed by atoms with Crippen molar-refractivity contribution in [2.24, 2.45) is 0 Å². The largest absolute Gasteiger partial charge is 0.484 e. The maximum absolute atomic E-state index is 11.9. The summed E-state index contributed by atoms with van der Waals surface area (Å²) < 4.78 is 5.48. The molecule has 1 heterocycles. The van der Waals surface area contributed by atoms with E-state index in [0.29, 0.717) is 12.3 Å². The van der Waals surface area contributed by atoms with Gasteiger partial charge in [0, 0.05) is 6.54 Å². The lowest BCUT2D eigenvalue weighted by molar-refractivity contribution is -0.123. The highest BCUT2D eigenvalue weighted by atomic mass is 32.1. The SMILES string of the molecule is Cc1ccc(OCC(=O)NCC(c2ccsc2)N(C)C)cc1. The number of nitrogens with zero attached hydrogens (tertiary/aromatic N) is 1. The lowest BCUT2D eigenvalue weighted by Crippen LogP contribution is -2.36. The number of carbonyl (C=O) groups is 1. The molecule has 0 saturated heterocycles. The van der Waals surface area contributed by atoms with E-state index in [1.54, 1.807) is 11.3 Å². The van der Waals surface area contributed by atoms with Crippen molar-refractivity contribution < 1.29 is 9.53 Å². The average molecular weight is 318 g/mol. The van der Waals surface area contributed by atoms with E-state index in [1.807, 2.05) is 50.7 Å². The van der Waals surface area contributed by atoms with Crippen molar-refractivity contribution in [2.45, 2.75) is 13.0 Å². The Bertz CT molecular complexity index is 579. The summed E-state index contributed by atoms with van der Waals surface area (Å²) >= 11 is 1.66. The molecule has 2 rings (SSSR count). The molecule has 0 aliphatic rings. The van der Waals surface area contributed by atoms with Crippen LogP contribution in [-0.2, 0) is 4.79 Å². The number of thiophene rings is 1. The van der Waals surface area contributed by atoms with E-state index in [9.17, 15) is 4.79 Å². The third-order valence-corrected chi connectivity index (χ3v) is 4.14. The second-order valence-electron chi connectivity index (χ2n) is 5.44. The smallest absolute Gasteiger partial charge is 0.258 e. The summed E-state index contributed by atoms with van der Waals surface area (Å²) in [7, 11) is 4.02. The molecule has 1 aromatic heterocycles. The first-order valence-corrected chi connectivity index (χ1v) is 8.15. The standard InChI is InChI=1S/C17H22N2O2S/c1-13-4-6-15(7-5-13)21-11-17(20)18-10-16(19(2)3)14-8-9-22-12-14/h4-9,12,16H,10-11H2,1-3H3,(H,18,20). The molecule has 0 spiro atoms. The summed E-state index contributed by atoms with van der Waals surface area (Å²) in [5.41, 5.74) is 2.39. The van der Waals surface area contributed by atoms with Crippen LogP contribution in [0.2, 0.25) is 0 Å². The van der Waals surface area contributed by atoms with Crippen LogP contribution in [0.1, 0.15) is 17.2 Å². The molecule has 0 aliphatic carbocycles. The van der Waals surface area contributed by atoms with Gasteiger partial charge in [0.05, 0.1) is 6.04 Å². The Morgan fingerprint density at radius 3 is 2.59 bits per heavy atom. The van der Waals surface area contributed by atoms with Gasteiger partial charge in [-0.2, -0.15) is 11.3 Å². The zero-order chi connectivity index (χ0) is 15.9. The van der Waals surface area contributed by atoms with Crippen molar-refractivity contribution in [3.8, 4) is 5.75 Å². The zero-order valence-electron chi connectivity index (χ0n) is 13.2. The Morgan fingerprint density at radius 1 is 1.27 bits per heavy atom. The van der Waals surface area contributed by atoms with E-state index in [4.69, 9.17) is 4.74 Å². The van der Waals surface area contributed by atoms with Gasteiger partial charge in [-0.15, -0.1) is 0 Å². The third-order valence-electron chi connectivity index (χ3n) is 3.43. The molecule has 1 N–H and O–H groups in total. The van der Waals surface area contributed by atoms with Gasteiger partial charge in [-0.1, -0.05) is 17.7 Å². The Labute approximate surface area is 135 Å². The number of amides is 1. The lowest BCUT2D eigenvalue weighted by atomic mass is 10.1. The Morgan fingerprint density at radius 2 is 2.00 bits per heavy atom. The first kappa shape index (κ1) is 16.5. The van der Waals surface area contributed by atoms with E-state index in [1.165, 1.54) is 11.1 Å². The highest BCUT2D eigenvalue weighted by molar-refractivity contribution is 7.07. The number of carbonyl (C=O) groups excluding carboxylic acids is 1. The van der Waals surface area contributed by atoms with Gasteiger partial charge >= 0.3 is 0 Å². The minimum Gasteiger partial charge on any atom is -0.484 e. The second-order valence-corrected chi connectivity index (χ2v) is 6.22. The van der Waals surface area contributed by atoms with Gasteiger partial charge in [0.15, 0.2) is 6.61 Å². The molecular formula is C17H22N2O2S. The van der Waals surface area contributed by atoms with Crippen LogP contribution in [0.25, 0.3) is 0 Å². The van der Waals surface area contributed by atoms with Gasteiger partial charge in [0.2, 0.25) is 0 Å². The number of benzene rings is 1. The fourth-order valence-electron chi connectivity index (χ4n) is 2.11. The molecule has 0 saturated carbocycles. The van der Waals surface area contributed by atoms with E-state index >= 15 is 0 Å². The monoisotopic (exact) mass is 318 g/mol. The minimum absolute atomic E-state index is 0.0346. The quantitative estimate of drug-likeness (QED) is 0.853. The van der Waals surface area contributed by atoms with Crippen LogP contribution < -0.4 is 10.1 Å². The maximum atomic E-state index is 11.9.